The summed E-state index contributed by atoms with van der Waals surface area (Å²) in [4.78, 5) is 67.5. The lowest BCUT2D eigenvalue weighted by molar-refractivity contribution is -0.158. The predicted octanol–water partition coefficient (Wildman–Crippen LogP) is 3.15. The standard InChI is InChI=1S/C32H43N5O9/c1-5-43-31(41)46-37-17-15-36(16-18-37)30(40)24(11-12-27(38)45-32(2,3)4)34-29(39)25-21-26(44-23-13-19-42-20-14-23)35-28(33-25)22-9-7-6-8-10-22/h6-10,21,23-24H,5,11-20H2,1-4H3,(H,34,39)/t24-/m0/s1. The van der Waals surface area contributed by atoms with Crippen molar-refractivity contribution in [2.45, 2.75) is 71.1 Å². The van der Waals surface area contributed by atoms with Crippen molar-refractivity contribution in [3.8, 4) is 17.3 Å². The van der Waals surface area contributed by atoms with Crippen LogP contribution in [0.2, 0.25) is 0 Å². The van der Waals surface area contributed by atoms with Gasteiger partial charge in [0, 0.05) is 44.0 Å². The lowest BCUT2D eigenvalue weighted by atomic mass is 10.1. The third-order valence-electron chi connectivity index (χ3n) is 7.10. The van der Waals surface area contributed by atoms with Gasteiger partial charge in [0.2, 0.25) is 11.8 Å². The van der Waals surface area contributed by atoms with Gasteiger partial charge in [0.05, 0.1) is 32.9 Å². The summed E-state index contributed by atoms with van der Waals surface area (Å²) in [5.41, 5.74) is -0.00170. The van der Waals surface area contributed by atoms with Gasteiger partial charge in [-0.3, -0.25) is 14.4 Å². The number of ether oxygens (including phenoxy) is 4. The molecule has 1 N–H and O–H groups in total. The van der Waals surface area contributed by atoms with E-state index in [1.54, 1.807) is 32.6 Å². The highest BCUT2D eigenvalue weighted by atomic mass is 16.8. The van der Waals surface area contributed by atoms with Crippen LogP contribution in [-0.2, 0) is 28.6 Å². The van der Waals surface area contributed by atoms with Crippen LogP contribution >= 0.6 is 0 Å². The van der Waals surface area contributed by atoms with Crippen molar-refractivity contribution in [3.05, 3.63) is 42.1 Å². The summed E-state index contributed by atoms with van der Waals surface area (Å²) in [5.74, 6) is -0.968. The molecule has 14 nitrogen and oxygen atoms in total. The number of benzene rings is 1. The van der Waals surface area contributed by atoms with Gasteiger partial charge in [-0.1, -0.05) is 30.3 Å². The van der Waals surface area contributed by atoms with Crippen molar-refractivity contribution in [1.82, 2.24) is 25.2 Å². The molecule has 2 fully saturated rings. The smallest absolute Gasteiger partial charge is 0.474 e. The third kappa shape index (κ3) is 10.7. The normalized spacial score (nSPS) is 16.7. The van der Waals surface area contributed by atoms with Gasteiger partial charge in [-0.2, -0.15) is 4.98 Å². The highest BCUT2D eigenvalue weighted by molar-refractivity contribution is 5.96. The van der Waals surface area contributed by atoms with Gasteiger partial charge >= 0.3 is 12.1 Å². The van der Waals surface area contributed by atoms with Gasteiger partial charge in [-0.05, 0) is 34.1 Å². The number of hydrogen-bond donors (Lipinski definition) is 1. The van der Waals surface area contributed by atoms with E-state index in [1.165, 1.54) is 11.1 Å². The van der Waals surface area contributed by atoms with Gasteiger partial charge in [0.15, 0.2) is 5.82 Å². The predicted molar refractivity (Wildman–Crippen MR) is 165 cm³/mol. The lowest BCUT2D eigenvalue weighted by Crippen LogP contribution is -2.55. The zero-order valence-electron chi connectivity index (χ0n) is 26.9. The summed E-state index contributed by atoms with van der Waals surface area (Å²) in [6, 6.07) is 9.59. The molecule has 250 valence electrons. The molecule has 14 heteroatoms. The molecule has 0 saturated carbocycles. The van der Waals surface area contributed by atoms with Crippen molar-refractivity contribution in [2.24, 2.45) is 0 Å². The van der Waals surface area contributed by atoms with Gasteiger partial charge < -0.3 is 34.0 Å². The topological polar surface area (TPSA) is 159 Å². The molecular formula is C32H43N5O9. The Hall–Kier alpha value is -4.30. The summed E-state index contributed by atoms with van der Waals surface area (Å²) < 4.78 is 21.8. The number of hydroxylamine groups is 2. The average molecular weight is 642 g/mol. The maximum absolute atomic E-state index is 13.8. The molecule has 4 rings (SSSR count). The van der Waals surface area contributed by atoms with E-state index >= 15 is 0 Å². The van der Waals surface area contributed by atoms with Crippen LogP contribution in [0.25, 0.3) is 11.4 Å². The van der Waals surface area contributed by atoms with E-state index in [2.05, 4.69) is 15.3 Å². The van der Waals surface area contributed by atoms with E-state index in [0.29, 0.717) is 37.4 Å². The fourth-order valence-electron chi connectivity index (χ4n) is 4.90. The molecule has 0 aliphatic carbocycles. The number of rotatable bonds is 11. The number of amides is 2. The summed E-state index contributed by atoms with van der Waals surface area (Å²) >= 11 is 0. The summed E-state index contributed by atoms with van der Waals surface area (Å²) in [6.07, 6.45) is 0.331. The van der Waals surface area contributed by atoms with Crippen LogP contribution in [0, 0.1) is 0 Å². The van der Waals surface area contributed by atoms with E-state index in [0.717, 1.165) is 0 Å². The molecule has 0 bridgehead atoms. The first-order valence-electron chi connectivity index (χ1n) is 15.6. The number of nitrogens with one attached hydrogen (secondary N) is 1. The number of nitrogens with zero attached hydrogens (tertiary/aromatic N) is 4. The first kappa shape index (κ1) is 34.6. The number of hydrogen-bond acceptors (Lipinski definition) is 12. The molecule has 1 aromatic carbocycles. The monoisotopic (exact) mass is 641 g/mol. The molecule has 1 aromatic heterocycles. The van der Waals surface area contributed by atoms with Crippen molar-refractivity contribution in [3.63, 3.8) is 0 Å². The lowest BCUT2D eigenvalue weighted by Gasteiger charge is -2.35. The highest BCUT2D eigenvalue weighted by Crippen LogP contribution is 2.22. The fourth-order valence-corrected chi connectivity index (χ4v) is 4.90. The molecule has 2 aromatic rings. The largest absolute Gasteiger partial charge is 0.527 e. The molecule has 2 saturated heterocycles. The first-order chi connectivity index (χ1) is 22.0. The second-order valence-electron chi connectivity index (χ2n) is 11.9. The van der Waals surface area contributed by atoms with Crippen molar-refractivity contribution in [1.29, 1.82) is 0 Å². The Morgan fingerprint density at radius 2 is 1.72 bits per heavy atom. The fraction of sp³-hybridized carbons (Fsp3) is 0.562. The number of carbonyl (C=O) groups is 4. The van der Waals surface area contributed by atoms with Crippen molar-refractivity contribution in [2.75, 3.05) is 46.0 Å². The Balaban J connectivity index is 1.52. The molecule has 2 amide bonds. The van der Waals surface area contributed by atoms with Crippen LogP contribution < -0.4 is 10.1 Å². The SMILES string of the molecule is CCOC(=O)ON1CCN(C(=O)[C@H](CCC(=O)OC(C)(C)C)NC(=O)c2cc(OC3CCOCC3)nc(-c3ccccc3)n2)CC1. The van der Waals surface area contributed by atoms with E-state index in [4.69, 9.17) is 23.8 Å². The van der Waals surface area contributed by atoms with Crippen LogP contribution in [0.5, 0.6) is 5.88 Å². The number of esters is 1. The number of piperazine rings is 1. The van der Waals surface area contributed by atoms with Crippen LogP contribution in [-0.4, -0.2) is 108 Å². The molecule has 1 atom stereocenters. The maximum atomic E-state index is 13.8. The van der Waals surface area contributed by atoms with E-state index in [9.17, 15) is 19.2 Å². The first-order valence-corrected chi connectivity index (χ1v) is 15.6. The molecular weight excluding hydrogens is 598 g/mol. The molecule has 2 aliphatic heterocycles. The molecule has 2 aliphatic rings. The average Bonchev–Trinajstić information content (AvgIpc) is 3.03. The van der Waals surface area contributed by atoms with Crippen molar-refractivity contribution < 1.29 is 43.0 Å². The van der Waals surface area contributed by atoms with Crippen LogP contribution in [0.15, 0.2) is 36.4 Å². The summed E-state index contributed by atoms with van der Waals surface area (Å²) in [5, 5.41) is 4.21. The Kier molecular flexibility index (Phi) is 12.3. The van der Waals surface area contributed by atoms with Crippen LogP contribution in [0.3, 0.4) is 0 Å². The van der Waals surface area contributed by atoms with Gasteiger partial charge in [-0.25, -0.2) is 9.78 Å². The molecule has 3 heterocycles. The minimum Gasteiger partial charge on any atom is -0.474 e. The Labute approximate surface area is 268 Å². The van der Waals surface area contributed by atoms with Crippen LogP contribution in [0.4, 0.5) is 4.79 Å². The van der Waals surface area contributed by atoms with Gasteiger partial charge in [0.25, 0.3) is 5.91 Å². The number of aromatic nitrogens is 2. The second-order valence-corrected chi connectivity index (χ2v) is 11.9. The quantitative estimate of drug-likeness (QED) is 0.358. The van der Waals surface area contributed by atoms with Crippen molar-refractivity contribution >= 4 is 23.9 Å². The van der Waals surface area contributed by atoms with Gasteiger partial charge in [0.1, 0.15) is 23.4 Å². The Morgan fingerprint density at radius 1 is 1.02 bits per heavy atom. The van der Waals surface area contributed by atoms with E-state index < -0.39 is 29.7 Å². The molecule has 0 radical (unpaired) electrons. The molecule has 0 spiro atoms. The molecule has 0 unspecified atom stereocenters. The summed E-state index contributed by atoms with van der Waals surface area (Å²) in [6.45, 7) is 9.21. The zero-order valence-corrected chi connectivity index (χ0v) is 26.9. The zero-order chi connectivity index (χ0) is 33.1. The minimum atomic E-state index is -1.06. The minimum absolute atomic E-state index is 0.00108. The Bertz CT molecular complexity index is 1340. The highest BCUT2D eigenvalue weighted by Gasteiger charge is 2.32. The number of carbonyl (C=O) groups excluding carboxylic acids is 4. The third-order valence-corrected chi connectivity index (χ3v) is 7.10. The second kappa shape index (κ2) is 16.3. The van der Waals surface area contributed by atoms with E-state index in [-0.39, 0.29) is 69.2 Å². The summed E-state index contributed by atoms with van der Waals surface area (Å²) in [7, 11) is 0. The van der Waals surface area contributed by atoms with E-state index in [1.807, 2.05) is 30.3 Å². The maximum Gasteiger partial charge on any atom is 0.527 e. The molecule has 46 heavy (non-hydrogen) atoms. The van der Waals surface area contributed by atoms with Crippen LogP contribution in [0.1, 0.15) is 63.9 Å². The Morgan fingerprint density at radius 3 is 2.37 bits per heavy atom. The van der Waals surface area contributed by atoms with Gasteiger partial charge in [-0.15, -0.1) is 5.06 Å².